The summed E-state index contributed by atoms with van der Waals surface area (Å²) in [6.45, 7) is 12.2. The smallest absolute Gasteiger partial charge is 0.195 e. The lowest BCUT2D eigenvalue weighted by Crippen LogP contribution is -2.06. The van der Waals surface area contributed by atoms with Crippen molar-refractivity contribution in [2.24, 2.45) is 0 Å². The minimum Gasteiger partial charge on any atom is -0.399 e. The van der Waals surface area contributed by atoms with Crippen LogP contribution in [0, 0.1) is 0 Å². The lowest BCUT2D eigenvalue weighted by Gasteiger charge is -2.24. The number of fused-ring (bicyclic) bond motifs is 3. The molecule has 0 saturated heterocycles. The van der Waals surface area contributed by atoms with Gasteiger partial charge in [-0.1, -0.05) is 76.2 Å². The third-order valence-electron chi connectivity index (χ3n) is 10.5. The van der Waals surface area contributed by atoms with Gasteiger partial charge in [0, 0.05) is 99.2 Å². The first-order valence-electron chi connectivity index (χ1n) is 20.2. The summed E-state index contributed by atoms with van der Waals surface area (Å²) in [6, 6.07) is 37.6. The van der Waals surface area contributed by atoms with Crippen LogP contribution in [0.1, 0.15) is 69.3 Å². The molecular weight excluding hydrogens is 689 g/mol. The van der Waals surface area contributed by atoms with Crippen molar-refractivity contribution in [2.75, 3.05) is 58.9 Å². The number of carbonyl (C=O) groups is 1. The molecule has 1 aliphatic carbocycles. The molecule has 7 nitrogen and oxygen atoms in total. The van der Waals surface area contributed by atoms with Crippen LogP contribution >= 0.6 is 0 Å². The van der Waals surface area contributed by atoms with E-state index in [0.717, 1.165) is 130 Å². The molecule has 0 spiro atoms. The Hall–Kier alpha value is -6.21. The molecule has 0 unspecified atom stereocenters. The van der Waals surface area contributed by atoms with Gasteiger partial charge in [-0.15, -0.1) is 0 Å². The monoisotopic (exact) mass is 742 g/mol. The molecule has 0 bridgehead atoms. The van der Waals surface area contributed by atoms with Crippen molar-refractivity contribution in [2.45, 2.75) is 53.4 Å². The second-order valence-electron chi connectivity index (χ2n) is 14.6. The van der Waals surface area contributed by atoms with Crippen LogP contribution in [0.25, 0.3) is 55.6 Å². The fourth-order valence-electron chi connectivity index (χ4n) is 7.72. The van der Waals surface area contributed by atoms with Crippen LogP contribution in [0.15, 0.2) is 109 Å². The van der Waals surface area contributed by atoms with Crippen LogP contribution in [0.3, 0.4) is 0 Å². The van der Waals surface area contributed by atoms with Crippen LogP contribution in [-0.4, -0.2) is 32.0 Å². The molecule has 0 heterocycles. The number of anilines is 6. The van der Waals surface area contributed by atoms with Gasteiger partial charge in [-0.25, -0.2) is 0 Å². The zero-order valence-corrected chi connectivity index (χ0v) is 33.1. The van der Waals surface area contributed by atoms with Crippen molar-refractivity contribution >= 4 is 39.9 Å². The summed E-state index contributed by atoms with van der Waals surface area (Å²) in [5.74, 6) is -0.0761. The second-order valence-corrected chi connectivity index (χ2v) is 14.6. The normalized spacial score (nSPS) is 11.6. The van der Waals surface area contributed by atoms with E-state index in [2.05, 4.69) is 146 Å². The van der Waals surface area contributed by atoms with Crippen LogP contribution in [0.4, 0.5) is 34.1 Å². The highest BCUT2D eigenvalue weighted by Gasteiger charge is 2.38. The SMILES string of the molecule is CCCNc1ccc(-c2cc(N)cc3c2-c2c(c(-c4ccc(NCCC)cc4)c(N)c(-c4ccc(NCCC)cc4)c2-c2ccc(NCCC)cc2)C3=O)cc1. The zero-order valence-electron chi connectivity index (χ0n) is 33.1. The van der Waals surface area contributed by atoms with E-state index in [4.69, 9.17) is 11.5 Å². The van der Waals surface area contributed by atoms with Crippen molar-refractivity contribution in [3.05, 3.63) is 120 Å². The molecule has 1 aliphatic rings. The summed E-state index contributed by atoms with van der Waals surface area (Å²) in [6.07, 6.45) is 4.11. The van der Waals surface area contributed by atoms with E-state index in [9.17, 15) is 0 Å². The maximum Gasteiger partial charge on any atom is 0.195 e. The Morgan fingerprint density at radius 1 is 0.393 bits per heavy atom. The van der Waals surface area contributed by atoms with E-state index in [1.165, 1.54) is 0 Å². The molecule has 0 radical (unpaired) electrons. The molecule has 0 fully saturated rings. The molecule has 0 aliphatic heterocycles. The van der Waals surface area contributed by atoms with E-state index in [1.807, 2.05) is 12.1 Å². The molecule has 0 amide bonds. The molecule has 6 aromatic rings. The quantitative estimate of drug-likeness (QED) is 0.0546. The highest BCUT2D eigenvalue weighted by atomic mass is 16.1. The average molecular weight is 743 g/mol. The van der Waals surface area contributed by atoms with Gasteiger partial charge in [-0.3, -0.25) is 4.79 Å². The Morgan fingerprint density at radius 3 is 1.12 bits per heavy atom. The van der Waals surface area contributed by atoms with E-state index in [1.54, 1.807) is 0 Å². The minimum absolute atomic E-state index is 0.0761. The molecule has 6 aromatic carbocycles. The van der Waals surface area contributed by atoms with Gasteiger partial charge in [-0.05, 0) is 114 Å². The number of rotatable bonds is 16. The summed E-state index contributed by atoms with van der Waals surface area (Å²) in [4.78, 5) is 15.1. The number of ketones is 1. The Bertz CT molecular complexity index is 2310. The van der Waals surface area contributed by atoms with Gasteiger partial charge in [-0.2, -0.15) is 0 Å². The highest BCUT2D eigenvalue weighted by Crippen LogP contribution is 2.57. The highest BCUT2D eigenvalue weighted by molar-refractivity contribution is 6.31. The van der Waals surface area contributed by atoms with Crippen molar-refractivity contribution in [3.63, 3.8) is 0 Å². The summed E-state index contributed by atoms with van der Waals surface area (Å²) in [7, 11) is 0. The first-order chi connectivity index (χ1) is 27.4. The maximum absolute atomic E-state index is 15.1. The number of carbonyl (C=O) groups excluding carboxylic acids is 1. The first kappa shape index (κ1) is 38.1. The molecule has 7 rings (SSSR count). The number of hydrogen-bond acceptors (Lipinski definition) is 7. The van der Waals surface area contributed by atoms with Gasteiger partial charge in [0.1, 0.15) is 0 Å². The van der Waals surface area contributed by atoms with Crippen molar-refractivity contribution in [3.8, 4) is 55.6 Å². The van der Waals surface area contributed by atoms with Crippen LogP contribution in [-0.2, 0) is 0 Å². The van der Waals surface area contributed by atoms with E-state index in [-0.39, 0.29) is 5.78 Å². The standard InChI is InChI=1S/C49H54N6O/c1-5-25-52-36-17-9-31(10-18-36)40-29-35(50)30-41-45(40)46-42(32-11-19-37(20-12-32)53-26-6-2)43(33-13-21-38(22-14-33)54-27-7-3)48(51)44(47(46)49(41)56)34-15-23-39(24-16-34)55-28-8-4/h9-24,29-30,52-55H,5-8,25-28,50-51H2,1-4H3. The predicted octanol–water partition coefficient (Wildman–Crippen LogP) is 12.0. The average Bonchev–Trinajstić information content (AvgIpc) is 3.51. The number of nitrogens with two attached hydrogens (primary N) is 2. The molecule has 7 heteroatoms. The summed E-state index contributed by atoms with van der Waals surface area (Å²) in [5.41, 5.74) is 29.7. The number of hydrogen-bond donors (Lipinski definition) is 6. The van der Waals surface area contributed by atoms with Gasteiger partial charge >= 0.3 is 0 Å². The predicted molar refractivity (Wildman–Crippen MR) is 241 cm³/mol. The maximum atomic E-state index is 15.1. The first-order valence-corrected chi connectivity index (χ1v) is 20.2. The van der Waals surface area contributed by atoms with Gasteiger partial charge in [0.25, 0.3) is 0 Å². The molecule has 0 atom stereocenters. The fraction of sp³-hybridized carbons (Fsp3) is 0.245. The van der Waals surface area contributed by atoms with E-state index < -0.39 is 0 Å². The lowest BCUT2D eigenvalue weighted by atomic mass is 9.80. The molecular formula is C49H54N6O. The zero-order chi connectivity index (χ0) is 39.2. The minimum atomic E-state index is -0.0761. The number of nitrogens with one attached hydrogen (secondary N) is 4. The molecule has 0 saturated carbocycles. The number of benzene rings is 6. The van der Waals surface area contributed by atoms with Crippen LogP contribution in [0.5, 0.6) is 0 Å². The van der Waals surface area contributed by atoms with E-state index in [0.29, 0.717) is 22.5 Å². The fourth-order valence-corrected chi connectivity index (χ4v) is 7.72. The number of nitrogen functional groups attached to an aromatic ring is 2. The Labute approximate surface area is 331 Å². The van der Waals surface area contributed by atoms with Crippen molar-refractivity contribution in [1.29, 1.82) is 0 Å². The van der Waals surface area contributed by atoms with Gasteiger partial charge < -0.3 is 32.7 Å². The summed E-state index contributed by atoms with van der Waals surface area (Å²) >= 11 is 0. The largest absolute Gasteiger partial charge is 0.399 e. The Kier molecular flexibility index (Phi) is 11.6. The van der Waals surface area contributed by atoms with Gasteiger partial charge in [0.2, 0.25) is 0 Å². The molecule has 8 N–H and O–H groups in total. The van der Waals surface area contributed by atoms with Crippen molar-refractivity contribution < 1.29 is 4.79 Å². The van der Waals surface area contributed by atoms with E-state index >= 15 is 4.79 Å². The lowest BCUT2D eigenvalue weighted by molar-refractivity contribution is 0.104. The van der Waals surface area contributed by atoms with Gasteiger partial charge in [0.05, 0.1) is 0 Å². The topological polar surface area (TPSA) is 117 Å². The second kappa shape index (κ2) is 17.1. The van der Waals surface area contributed by atoms with Gasteiger partial charge in [0.15, 0.2) is 5.78 Å². The Balaban J connectivity index is 1.56. The third-order valence-corrected chi connectivity index (χ3v) is 10.5. The third kappa shape index (κ3) is 7.54. The molecule has 286 valence electrons. The molecule has 56 heavy (non-hydrogen) atoms. The summed E-state index contributed by atoms with van der Waals surface area (Å²) in [5, 5.41) is 14.0. The van der Waals surface area contributed by atoms with Crippen molar-refractivity contribution in [1.82, 2.24) is 0 Å². The Morgan fingerprint density at radius 2 is 0.732 bits per heavy atom. The van der Waals surface area contributed by atoms with Crippen LogP contribution < -0.4 is 32.7 Å². The van der Waals surface area contributed by atoms with Crippen LogP contribution in [0.2, 0.25) is 0 Å². The summed E-state index contributed by atoms with van der Waals surface area (Å²) < 4.78 is 0. The molecule has 0 aromatic heterocycles.